The fourth-order valence-electron chi connectivity index (χ4n) is 2.00. The molecule has 0 amide bonds. The van der Waals surface area contributed by atoms with Crippen LogP contribution < -0.4 is 5.32 Å². The van der Waals surface area contributed by atoms with E-state index in [0.29, 0.717) is 0 Å². The van der Waals surface area contributed by atoms with Gasteiger partial charge in [-0.25, -0.2) is 0 Å². The lowest BCUT2D eigenvalue weighted by Gasteiger charge is -2.18. The van der Waals surface area contributed by atoms with Crippen LogP contribution in [0.3, 0.4) is 0 Å². The normalized spacial score (nSPS) is 11.2. The van der Waals surface area contributed by atoms with Crippen LogP contribution in [-0.2, 0) is 11.3 Å². The van der Waals surface area contributed by atoms with E-state index < -0.39 is 0 Å². The van der Waals surface area contributed by atoms with Gasteiger partial charge in [-0.2, -0.15) is 0 Å². The van der Waals surface area contributed by atoms with E-state index in [9.17, 15) is 0 Å². The Morgan fingerprint density at radius 3 is 2.74 bits per heavy atom. The van der Waals surface area contributed by atoms with Crippen LogP contribution in [0.2, 0.25) is 0 Å². The molecule has 1 aromatic carbocycles. The number of ether oxygens (including phenoxy) is 1. The SMILES string of the molecule is CCOCCCNCCN(C)Cc1ccccc1C. The minimum atomic E-state index is 0.819. The smallest absolute Gasteiger partial charge is 0.0477 e. The van der Waals surface area contributed by atoms with Gasteiger partial charge < -0.3 is 15.0 Å². The number of aryl methyl sites for hydroxylation is 1. The Morgan fingerprint density at radius 2 is 2.00 bits per heavy atom. The zero-order valence-corrected chi connectivity index (χ0v) is 12.6. The molecular weight excluding hydrogens is 236 g/mol. The van der Waals surface area contributed by atoms with Crippen molar-refractivity contribution in [3.8, 4) is 0 Å². The van der Waals surface area contributed by atoms with Crippen molar-refractivity contribution in [3.05, 3.63) is 35.4 Å². The molecule has 19 heavy (non-hydrogen) atoms. The highest BCUT2D eigenvalue weighted by atomic mass is 16.5. The fourth-order valence-corrected chi connectivity index (χ4v) is 2.00. The van der Waals surface area contributed by atoms with Gasteiger partial charge in [-0.15, -0.1) is 0 Å². The van der Waals surface area contributed by atoms with Crippen molar-refractivity contribution in [2.24, 2.45) is 0 Å². The number of hydrogen-bond acceptors (Lipinski definition) is 3. The summed E-state index contributed by atoms with van der Waals surface area (Å²) in [5, 5.41) is 3.45. The lowest BCUT2D eigenvalue weighted by Crippen LogP contribution is -2.30. The molecule has 0 aliphatic carbocycles. The molecule has 3 heteroatoms. The first kappa shape index (κ1) is 16.2. The molecule has 1 rings (SSSR count). The molecule has 0 heterocycles. The van der Waals surface area contributed by atoms with Crippen molar-refractivity contribution < 1.29 is 4.74 Å². The van der Waals surface area contributed by atoms with Crippen molar-refractivity contribution in [1.29, 1.82) is 0 Å². The topological polar surface area (TPSA) is 24.5 Å². The molecule has 0 aliphatic heterocycles. The summed E-state index contributed by atoms with van der Waals surface area (Å²) in [6.45, 7) is 10.1. The maximum Gasteiger partial charge on any atom is 0.0477 e. The van der Waals surface area contributed by atoms with E-state index in [2.05, 4.69) is 48.5 Å². The number of benzene rings is 1. The average Bonchev–Trinajstić information content (AvgIpc) is 2.40. The predicted molar refractivity (Wildman–Crippen MR) is 81.5 cm³/mol. The van der Waals surface area contributed by atoms with Crippen LogP contribution >= 0.6 is 0 Å². The van der Waals surface area contributed by atoms with Gasteiger partial charge in [0.05, 0.1) is 0 Å². The van der Waals surface area contributed by atoms with E-state index in [4.69, 9.17) is 4.74 Å². The Hall–Kier alpha value is -0.900. The van der Waals surface area contributed by atoms with Gasteiger partial charge >= 0.3 is 0 Å². The molecule has 0 atom stereocenters. The summed E-state index contributed by atoms with van der Waals surface area (Å²) in [5.74, 6) is 0. The van der Waals surface area contributed by atoms with E-state index in [0.717, 1.165) is 45.8 Å². The van der Waals surface area contributed by atoms with Crippen molar-refractivity contribution in [3.63, 3.8) is 0 Å². The maximum absolute atomic E-state index is 5.30. The van der Waals surface area contributed by atoms with E-state index in [1.54, 1.807) is 0 Å². The molecule has 0 spiro atoms. The van der Waals surface area contributed by atoms with Crippen molar-refractivity contribution in [2.75, 3.05) is 39.9 Å². The molecular formula is C16H28N2O. The number of likely N-dealkylation sites (N-methyl/N-ethyl adjacent to an activating group) is 1. The highest BCUT2D eigenvalue weighted by molar-refractivity contribution is 5.25. The zero-order valence-electron chi connectivity index (χ0n) is 12.6. The van der Waals surface area contributed by atoms with Crippen LogP contribution in [-0.4, -0.2) is 44.8 Å². The summed E-state index contributed by atoms with van der Waals surface area (Å²) < 4.78 is 5.30. The molecule has 1 N–H and O–H groups in total. The quantitative estimate of drug-likeness (QED) is 0.657. The molecule has 0 bridgehead atoms. The summed E-state index contributed by atoms with van der Waals surface area (Å²) in [6.07, 6.45) is 1.09. The third-order valence-electron chi connectivity index (χ3n) is 3.22. The second kappa shape index (κ2) is 9.96. The number of hydrogen-bond donors (Lipinski definition) is 1. The molecule has 0 radical (unpaired) electrons. The van der Waals surface area contributed by atoms with Gasteiger partial charge in [-0.05, 0) is 45.0 Å². The van der Waals surface area contributed by atoms with Crippen LogP contribution in [0.25, 0.3) is 0 Å². The van der Waals surface area contributed by atoms with Gasteiger partial charge in [-0.1, -0.05) is 24.3 Å². The molecule has 0 saturated heterocycles. The Bertz CT molecular complexity index is 341. The van der Waals surface area contributed by atoms with Gasteiger partial charge in [0.25, 0.3) is 0 Å². The first-order valence-electron chi connectivity index (χ1n) is 7.25. The highest BCUT2D eigenvalue weighted by Crippen LogP contribution is 2.08. The standard InChI is InChI=1S/C16H28N2O/c1-4-19-13-7-10-17-11-12-18(3)14-16-9-6-5-8-15(16)2/h5-6,8-9,17H,4,7,10-14H2,1-3H3. The van der Waals surface area contributed by atoms with Crippen LogP contribution in [0.5, 0.6) is 0 Å². The summed E-state index contributed by atoms with van der Waals surface area (Å²) >= 11 is 0. The van der Waals surface area contributed by atoms with Crippen molar-refractivity contribution >= 4 is 0 Å². The number of nitrogens with zero attached hydrogens (tertiary/aromatic N) is 1. The lowest BCUT2D eigenvalue weighted by atomic mass is 10.1. The predicted octanol–water partition coefficient (Wildman–Crippen LogP) is 2.44. The first-order valence-corrected chi connectivity index (χ1v) is 7.25. The van der Waals surface area contributed by atoms with E-state index in [-0.39, 0.29) is 0 Å². The van der Waals surface area contributed by atoms with Gasteiger partial charge in [0.1, 0.15) is 0 Å². The average molecular weight is 264 g/mol. The van der Waals surface area contributed by atoms with Gasteiger partial charge in [0, 0.05) is 32.8 Å². The second-order valence-electron chi connectivity index (χ2n) is 4.96. The first-order chi connectivity index (χ1) is 9.24. The zero-order chi connectivity index (χ0) is 13.9. The minimum Gasteiger partial charge on any atom is -0.382 e. The molecule has 1 aromatic rings. The van der Waals surface area contributed by atoms with Gasteiger partial charge in [0.2, 0.25) is 0 Å². The maximum atomic E-state index is 5.30. The van der Waals surface area contributed by atoms with Crippen LogP contribution in [0, 0.1) is 6.92 Å². The Labute approximate surface area is 118 Å². The van der Waals surface area contributed by atoms with Crippen LogP contribution in [0.15, 0.2) is 24.3 Å². The van der Waals surface area contributed by atoms with Crippen LogP contribution in [0.1, 0.15) is 24.5 Å². The van der Waals surface area contributed by atoms with Gasteiger partial charge in [0.15, 0.2) is 0 Å². The fraction of sp³-hybridized carbons (Fsp3) is 0.625. The van der Waals surface area contributed by atoms with Crippen molar-refractivity contribution in [1.82, 2.24) is 10.2 Å². The molecule has 0 aromatic heterocycles. The largest absolute Gasteiger partial charge is 0.382 e. The van der Waals surface area contributed by atoms with Crippen molar-refractivity contribution in [2.45, 2.75) is 26.8 Å². The highest BCUT2D eigenvalue weighted by Gasteiger charge is 2.02. The number of nitrogens with one attached hydrogen (secondary N) is 1. The molecule has 108 valence electrons. The summed E-state index contributed by atoms with van der Waals surface area (Å²) in [6, 6.07) is 8.59. The Morgan fingerprint density at radius 1 is 1.21 bits per heavy atom. The second-order valence-corrected chi connectivity index (χ2v) is 4.96. The van der Waals surface area contributed by atoms with E-state index >= 15 is 0 Å². The number of rotatable bonds is 10. The third-order valence-corrected chi connectivity index (χ3v) is 3.22. The summed E-state index contributed by atoms with van der Waals surface area (Å²) in [4.78, 5) is 2.36. The Balaban J connectivity index is 2.08. The van der Waals surface area contributed by atoms with E-state index in [1.165, 1.54) is 11.1 Å². The molecule has 0 aliphatic rings. The third kappa shape index (κ3) is 7.31. The van der Waals surface area contributed by atoms with E-state index in [1.807, 2.05) is 6.92 Å². The van der Waals surface area contributed by atoms with Gasteiger partial charge in [-0.3, -0.25) is 0 Å². The molecule has 0 saturated carbocycles. The Kier molecular flexibility index (Phi) is 8.47. The summed E-state index contributed by atoms with van der Waals surface area (Å²) in [7, 11) is 2.17. The lowest BCUT2D eigenvalue weighted by molar-refractivity contribution is 0.144. The molecule has 0 unspecified atom stereocenters. The minimum absolute atomic E-state index is 0.819. The van der Waals surface area contributed by atoms with Crippen LogP contribution in [0.4, 0.5) is 0 Å². The molecule has 0 fully saturated rings. The molecule has 3 nitrogen and oxygen atoms in total. The summed E-state index contributed by atoms with van der Waals surface area (Å²) in [5.41, 5.74) is 2.79. The monoisotopic (exact) mass is 264 g/mol.